The highest BCUT2D eigenvalue weighted by atomic mass is 127. The topological polar surface area (TPSA) is 42.9 Å². The zero-order valence-corrected chi connectivity index (χ0v) is 19.7. The Balaban J connectivity index is 0.00000576. The number of likely N-dealkylation sites (N-methyl/N-ethyl adjacent to an activating group) is 1. The normalized spacial score (nSPS) is 19.4. The van der Waals surface area contributed by atoms with Crippen molar-refractivity contribution >= 4 is 29.9 Å². The van der Waals surface area contributed by atoms with Crippen LogP contribution in [0.1, 0.15) is 54.4 Å². The fraction of sp³-hybridized carbons (Fsp3) is 0.947. The number of hydrogen-bond donors (Lipinski definition) is 2. The number of hydrogen-bond acceptors (Lipinski definition) is 3. The van der Waals surface area contributed by atoms with Gasteiger partial charge < -0.3 is 15.5 Å². The van der Waals surface area contributed by atoms with Crippen molar-refractivity contribution in [3.63, 3.8) is 0 Å². The van der Waals surface area contributed by atoms with Crippen molar-refractivity contribution in [1.29, 1.82) is 0 Å². The number of halogens is 1. The maximum atomic E-state index is 4.83. The first-order valence-electron chi connectivity index (χ1n) is 9.97. The third-order valence-corrected chi connectivity index (χ3v) is 4.90. The predicted molar refractivity (Wildman–Crippen MR) is 121 cm³/mol. The summed E-state index contributed by atoms with van der Waals surface area (Å²) >= 11 is 0. The largest absolute Gasteiger partial charge is 0.357 e. The second-order valence-corrected chi connectivity index (χ2v) is 7.56. The van der Waals surface area contributed by atoms with Crippen molar-refractivity contribution in [2.24, 2.45) is 10.9 Å². The summed E-state index contributed by atoms with van der Waals surface area (Å²) < 4.78 is 0. The van der Waals surface area contributed by atoms with Crippen LogP contribution in [0.25, 0.3) is 0 Å². The fourth-order valence-electron chi connectivity index (χ4n) is 3.07. The van der Waals surface area contributed by atoms with Crippen LogP contribution < -0.4 is 10.6 Å². The van der Waals surface area contributed by atoms with Gasteiger partial charge in [0.25, 0.3) is 0 Å². The van der Waals surface area contributed by atoms with E-state index in [1.807, 2.05) is 0 Å². The molecule has 1 aliphatic heterocycles. The third-order valence-electron chi connectivity index (χ3n) is 4.90. The lowest BCUT2D eigenvalue weighted by Crippen LogP contribution is -2.50. The molecule has 0 amide bonds. The number of guanidine groups is 1. The second kappa shape index (κ2) is 14.0. The van der Waals surface area contributed by atoms with Crippen LogP contribution in [0, 0.1) is 5.92 Å². The van der Waals surface area contributed by atoms with E-state index in [0.29, 0.717) is 12.1 Å². The Bertz CT molecular complexity index is 354. The molecule has 6 heteroatoms. The van der Waals surface area contributed by atoms with Crippen LogP contribution >= 0.6 is 24.0 Å². The smallest absolute Gasteiger partial charge is 0.191 e. The van der Waals surface area contributed by atoms with Crippen LogP contribution in [-0.4, -0.2) is 73.7 Å². The summed E-state index contributed by atoms with van der Waals surface area (Å²) in [6.45, 7) is 21.1. The molecule has 1 saturated heterocycles. The van der Waals surface area contributed by atoms with Gasteiger partial charge >= 0.3 is 0 Å². The maximum Gasteiger partial charge on any atom is 0.191 e. The Labute approximate surface area is 173 Å². The highest BCUT2D eigenvalue weighted by molar-refractivity contribution is 14.0. The van der Waals surface area contributed by atoms with E-state index in [2.05, 4.69) is 62.0 Å². The van der Waals surface area contributed by atoms with Crippen LogP contribution in [0.5, 0.6) is 0 Å². The van der Waals surface area contributed by atoms with Gasteiger partial charge in [0.05, 0.1) is 6.54 Å². The van der Waals surface area contributed by atoms with Gasteiger partial charge in [-0.15, -0.1) is 24.0 Å². The van der Waals surface area contributed by atoms with Gasteiger partial charge in [0, 0.05) is 44.8 Å². The first-order chi connectivity index (χ1) is 11.5. The van der Waals surface area contributed by atoms with E-state index in [9.17, 15) is 0 Å². The number of rotatable bonds is 9. The maximum absolute atomic E-state index is 4.83. The van der Waals surface area contributed by atoms with E-state index in [4.69, 9.17) is 4.99 Å². The van der Waals surface area contributed by atoms with Gasteiger partial charge in [-0.2, -0.15) is 0 Å². The number of nitrogens with one attached hydrogen (secondary N) is 2. The minimum absolute atomic E-state index is 0. The fourth-order valence-corrected chi connectivity index (χ4v) is 3.07. The Hall–Kier alpha value is -0.0800. The van der Waals surface area contributed by atoms with E-state index in [0.717, 1.165) is 25.0 Å². The van der Waals surface area contributed by atoms with Crippen LogP contribution in [0.15, 0.2) is 4.99 Å². The monoisotopic (exact) mass is 467 g/mol. The van der Waals surface area contributed by atoms with Crippen LogP contribution in [0.3, 0.4) is 0 Å². The number of aliphatic imine (C=N–C) groups is 1. The molecular formula is C19H42IN5. The third kappa shape index (κ3) is 10.6. The Morgan fingerprint density at radius 1 is 1.00 bits per heavy atom. The summed E-state index contributed by atoms with van der Waals surface area (Å²) in [4.78, 5) is 9.93. The lowest BCUT2D eigenvalue weighted by Gasteiger charge is -2.37. The van der Waals surface area contributed by atoms with Crippen LogP contribution in [0.4, 0.5) is 0 Å². The summed E-state index contributed by atoms with van der Waals surface area (Å²) in [5.74, 6) is 1.73. The lowest BCUT2D eigenvalue weighted by atomic mass is 10.0. The van der Waals surface area contributed by atoms with Crippen LogP contribution in [-0.2, 0) is 0 Å². The highest BCUT2D eigenvalue weighted by Gasteiger charge is 2.20. The molecule has 0 saturated carbocycles. The molecule has 25 heavy (non-hydrogen) atoms. The molecule has 1 heterocycles. The molecule has 0 aromatic rings. The molecule has 1 rings (SSSR count). The van der Waals surface area contributed by atoms with E-state index in [-0.39, 0.29) is 24.0 Å². The van der Waals surface area contributed by atoms with E-state index >= 15 is 0 Å². The van der Waals surface area contributed by atoms with Gasteiger partial charge in [-0.3, -0.25) is 9.89 Å². The average molecular weight is 467 g/mol. The molecule has 0 aromatic carbocycles. The van der Waals surface area contributed by atoms with Crippen molar-refractivity contribution in [1.82, 2.24) is 20.4 Å². The summed E-state index contributed by atoms with van der Waals surface area (Å²) in [5, 5.41) is 6.95. The summed E-state index contributed by atoms with van der Waals surface area (Å²) in [7, 11) is 0. The summed E-state index contributed by atoms with van der Waals surface area (Å²) in [6, 6.07) is 0.971. The number of nitrogens with zero attached hydrogens (tertiary/aromatic N) is 3. The molecule has 5 nitrogen and oxygen atoms in total. The molecule has 0 spiro atoms. The van der Waals surface area contributed by atoms with Crippen molar-refractivity contribution in [3.05, 3.63) is 0 Å². The van der Waals surface area contributed by atoms with Gasteiger partial charge in [-0.05, 0) is 46.1 Å². The van der Waals surface area contributed by atoms with Gasteiger partial charge in [0.15, 0.2) is 5.96 Å². The molecular weight excluding hydrogens is 425 g/mol. The molecule has 0 bridgehead atoms. The molecule has 1 fully saturated rings. The minimum Gasteiger partial charge on any atom is -0.357 e. The second-order valence-electron chi connectivity index (χ2n) is 7.56. The molecule has 2 atom stereocenters. The zero-order chi connectivity index (χ0) is 17.9. The Morgan fingerprint density at radius 3 is 2.16 bits per heavy atom. The van der Waals surface area contributed by atoms with Crippen molar-refractivity contribution in [2.45, 2.75) is 66.5 Å². The molecule has 2 unspecified atom stereocenters. The van der Waals surface area contributed by atoms with Gasteiger partial charge in [-0.25, -0.2) is 0 Å². The van der Waals surface area contributed by atoms with Gasteiger partial charge in [0.2, 0.25) is 0 Å². The lowest BCUT2D eigenvalue weighted by molar-refractivity contribution is 0.109. The van der Waals surface area contributed by atoms with Crippen molar-refractivity contribution in [3.8, 4) is 0 Å². The first-order valence-corrected chi connectivity index (χ1v) is 9.97. The first kappa shape index (κ1) is 24.9. The summed E-state index contributed by atoms with van der Waals surface area (Å²) in [6.07, 6.45) is 2.45. The van der Waals surface area contributed by atoms with Crippen molar-refractivity contribution in [2.75, 3.05) is 45.8 Å². The molecule has 150 valence electrons. The number of piperazine rings is 1. The molecule has 0 aliphatic carbocycles. The van der Waals surface area contributed by atoms with E-state index in [1.54, 1.807) is 0 Å². The minimum atomic E-state index is 0. The molecule has 2 N–H and O–H groups in total. The summed E-state index contributed by atoms with van der Waals surface area (Å²) in [5.41, 5.74) is 0. The SMILES string of the molecule is CCNC(=NCC(C)N1CCN(CC)CC1)NC(C)CCC(C)C.I. The van der Waals surface area contributed by atoms with Gasteiger partial charge in [-0.1, -0.05) is 20.8 Å². The van der Waals surface area contributed by atoms with E-state index in [1.165, 1.54) is 45.6 Å². The zero-order valence-electron chi connectivity index (χ0n) is 17.3. The van der Waals surface area contributed by atoms with E-state index < -0.39 is 0 Å². The quantitative estimate of drug-likeness (QED) is 0.311. The molecule has 1 aliphatic rings. The standard InChI is InChI=1S/C19H41N5.HI/c1-7-20-19(22-17(5)10-9-16(3)4)21-15-18(6)24-13-11-23(8-2)12-14-24;/h16-18H,7-15H2,1-6H3,(H2,20,21,22);1H. The van der Waals surface area contributed by atoms with Crippen molar-refractivity contribution < 1.29 is 0 Å². The molecule has 0 aromatic heterocycles. The Kier molecular flexibility index (Phi) is 14.0. The average Bonchev–Trinajstić information content (AvgIpc) is 2.57. The highest BCUT2D eigenvalue weighted by Crippen LogP contribution is 2.08. The predicted octanol–water partition coefficient (Wildman–Crippen LogP) is 3.01. The van der Waals surface area contributed by atoms with Crippen LogP contribution in [0.2, 0.25) is 0 Å². The van der Waals surface area contributed by atoms with Gasteiger partial charge in [0.1, 0.15) is 0 Å². The molecule has 0 radical (unpaired) electrons. The Morgan fingerprint density at radius 2 is 1.64 bits per heavy atom.